The SMILES string of the molecule is COc1ccc(C)cc1C(=O)c1ccc(Cl)c(Cl)c1. The maximum absolute atomic E-state index is 12.5. The Bertz CT molecular complexity index is 636. The van der Waals surface area contributed by atoms with E-state index in [0.717, 1.165) is 5.56 Å². The van der Waals surface area contributed by atoms with Gasteiger partial charge in [0.15, 0.2) is 5.78 Å². The highest BCUT2D eigenvalue weighted by molar-refractivity contribution is 6.42. The number of methoxy groups -OCH3 is 1. The third-order valence-corrected chi connectivity index (χ3v) is 3.52. The van der Waals surface area contributed by atoms with Gasteiger partial charge in [-0.1, -0.05) is 34.8 Å². The number of benzene rings is 2. The van der Waals surface area contributed by atoms with Crippen LogP contribution in [0.4, 0.5) is 0 Å². The molecule has 0 heterocycles. The average Bonchev–Trinajstić information content (AvgIpc) is 2.41. The number of hydrogen-bond donors (Lipinski definition) is 0. The summed E-state index contributed by atoms with van der Waals surface area (Å²) in [6.45, 7) is 1.92. The van der Waals surface area contributed by atoms with Gasteiger partial charge in [-0.05, 0) is 37.3 Å². The molecule has 0 aliphatic heterocycles. The number of rotatable bonds is 3. The lowest BCUT2D eigenvalue weighted by Crippen LogP contribution is -2.04. The number of carbonyl (C=O) groups excluding carboxylic acids is 1. The van der Waals surface area contributed by atoms with Gasteiger partial charge in [0.2, 0.25) is 0 Å². The molecule has 0 saturated carbocycles. The summed E-state index contributed by atoms with van der Waals surface area (Å²) >= 11 is 11.8. The number of ether oxygens (including phenoxy) is 1. The van der Waals surface area contributed by atoms with Gasteiger partial charge in [-0.3, -0.25) is 4.79 Å². The summed E-state index contributed by atoms with van der Waals surface area (Å²) in [6, 6.07) is 10.3. The molecule has 0 spiro atoms. The van der Waals surface area contributed by atoms with Crippen LogP contribution in [0.2, 0.25) is 10.0 Å². The standard InChI is InChI=1S/C15H12Cl2O2/c1-9-3-6-14(19-2)11(7-9)15(18)10-4-5-12(16)13(17)8-10/h3-8H,1-2H3. The Labute approximate surface area is 121 Å². The number of halogens is 2. The highest BCUT2D eigenvalue weighted by Gasteiger charge is 2.15. The van der Waals surface area contributed by atoms with E-state index in [4.69, 9.17) is 27.9 Å². The molecule has 98 valence electrons. The van der Waals surface area contributed by atoms with Crippen molar-refractivity contribution in [1.82, 2.24) is 0 Å². The molecule has 19 heavy (non-hydrogen) atoms. The summed E-state index contributed by atoms with van der Waals surface area (Å²) in [5.41, 5.74) is 1.99. The predicted octanol–water partition coefficient (Wildman–Crippen LogP) is 4.54. The van der Waals surface area contributed by atoms with E-state index in [1.807, 2.05) is 13.0 Å². The third-order valence-electron chi connectivity index (χ3n) is 2.78. The molecule has 2 aromatic rings. The van der Waals surface area contributed by atoms with Gasteiger partial charge in [0, 0.05) is 5.56 Å². The summed E-state index contributed by atoms with van der Waals surface area (Å²) in [6.07, 6.45) is 0. The van der Waals surface area contributed by atoms with Crippen LogP contribution in [0.1, 0.15) is 21.5 Å². The molecular formula is C15H12Cl2O2. The van der Waals surface area contributed by atoms with Gasteiger partial charge in [0.1, 0.15) is 5.75 Å². The smallest absolute Gasteiger partial charge is 0.196 e. The van der Waals surface area contributed by atoms with Crippen LogP contribution in [0, 0.1) is 6.92 Å². The van der Waals surface area contributed by atoms with Crippen LogP contribution < -0.4 is 4.74 Å². The molecular weight excluding hydrogens is 283 g/mol. The van der Waals surface area contributed by atoms with Crippen LogP contribution >= 0.6 is 23.2 Å². The van der Waals surface area contributed by atoms with E-state index in [-0.39, 0.29) is 5.78 Å². The first-order valence-electron chi connectivity index (χ1n) is 5.67. The molecule has 0 bridgehead atoms. The van der Waals surface area contributed by atoms with Crippen molar-refractivity contribution in [3.05, 3.63) is 63.1 Å². The van der Waals surface area contributed by atoms with E-state index in [1.54, 1.807) is 30.3 Å². The van der Waals surface area contributed by atoms with Gasteiger partial charge in [-0.25, -0.2) is 0 Å². The fourth-order valence-corrected chi connectivity index (χ4v) is 2.09. The molecule has 0 aliphatic carbocycles. The fraction of sp³-hybridized carbons (Fsp3) is 0.133. The topological polar surface area (TPSA) is 26.3 Å². The maximum Gasteiger partial charge on any atom is 0.196 e. The second-order valence-electron chi connectivity index (χ2n) is 4.16. The first-order chi connectivity index (χ1) is 9.02. The zero-order valence-corrected chi connectivity index (χ0v) is 12.0. The quantitative estimate of drug-likeness (QED) is 0.777. The Balaban J connectivity index is 2.49. The van der Waals surface area contributed by atoms with E-state index in [1.165, 1.54) is 7.11 Å². The third kappa shape index (κ3) is 2.91. The molecule has 0 fully saturated rings. The minimum atomic E-state index is -0.140. The lowest BCUT2D eigenvalue weighted by molar-refractivity contribution is 0.103. The largest absolute Gasteiger partial charge is 0.496 e. The highest BCUT2D eigenvalue weighted by Crippen LogP contribution is 2.27. The molecule has 2 nitrogen and oxygen atoms in total. The van der Waals surface area contributed by atoms with E-state index in [0.29, 0.717) is 26.9 Å². The summed E-state index contributed by atoms with van der Waals surface area (Å²) in [5.74, 6) is 0.404. The van der Waals surface area contributed by atoms with Gasteiger partial charge in [-0.2, -0.15) is 0 Å². The van der Waals surface area contributed by atoms with Gasteiger partial charge in [-0.15, -0.1) is 0 Å². The summed E-state index contributed by atoms with van der Waals surface area (Å²) in [7, 11) is 1.54. The van der Waals surface area contributed by atoms with Crippen LogP contribution in [0.5, 0.6) is 5.75 Å². The molecule has 4 heteroatoms. The van der Waals surface area contributed by atoms with Crippen LogP contribution in [0.3, 0.4) is 0 Å². The van der Waals surface area contributed by atoms with Crippen molar-refractivity contribution < 1.29 is 9.53 Å². The van der Waals surface area contributed by atoms with E-state index >= 15 is 0 Å². The van der Waals surface area contributed by atoms with Crippen molar-refractivity contribution in [2.24, 2.45) is 0 Å². The second-order valence-corrected chi connectivity index (χ2v) is 4.98. The molecule has 2 rings (SSSR count). The lowest BCUT2D eigenvalue weighted by atomic mass is 10.0. The fourth-order valence-electron chi connectivity index (χ4n) is 1.79. The van der Waals surface area contributed by atoms with Crippen LogP contribution in [0.25, 0.3) is 0 Å². The van der Waals surface area contributed by atoms with Crippen molar-refractivity contribution in [2.45, 2.75) is 6.92 Å². The van der Waals surface area contributed by atoms with Crippen molar-refractivity contribution >= 4 is 29.0 Å². The molecule has 0 saturated heterocycles. The van der Waals surface area contributed by atoms with Gasteiger partial charge < -0.3 is 4.74 Å². The number of carbonyl (C=O) groups is 1. The van der Waals surface area contributed by atoms with E-state index in [9.17, 15) is 4.79 Å². The molecule has 0 aliphatic rings. The second kappa shape index (κ2) is 5.64. The van der Waals surface area contributed by atoms with Crippen LogP contribution in [0.15, 0.2) is 36.4 Å². The van der Waals surface area contributed by atoms with Crippen LogP contribution in [-0.2, 0) is 0 Å². The Morgan fingerprint density at radius 2 is 1.79 bits per heavy atom. The first kappa shape index (κ1) is 13.9. The van der Waals surface area contributed by atoms with Gasteiger partial charge >= 0.3 is 0 Å². The van der Waals surface area contributed by atoms with Crippen molar-refractivity contribution in [3.63, 3.8) is 0 Å². The average molecular weight is 295 g/mol. The lowest BCUT2D eigenvalue weighted by Gasteiger charge is -2.09. The highest BCUT2D eigenvalue weighted by atomic mass is 35.5. The molecule has 0 atom stereocenters. The molecule has 2 aromatic carbocycles. The Hall–Kier alpha value is -1.51. The van der Waals surface area contributed by atoms with Gasteiger partial charge in [0.05, 0.1) is 22.7 Å². The summed E-state index contributed by atoms with van der Waals surface area (Å²) < 4.78 is 5.22. The molecule has 0 aromatic heterocycles. The molecule has 0 unspecified atom stereocenters. The first-order valence-corrected chi connectivity index (χ1v) is 6.43. The minimum Gasteiger partial charge on any atom is -0.496 e. The predicted molar refractivity (Wildman–Crippen MR) is 77.6 cm³/mol. The van der Waals surface area contributed by atoms with Gasteiger partial charge in [0.25, 0.3) is 0 Å². The van der Waals surface area contributed by atoms with Crippen molar-refractivity contribution in [3.8, 4) is 5.75 Å². The number of hydrogen-bond acceptors (Lipinski definition) is 2. The van der Waals surface area contributed by atoms with Crippen LogP contribution in [-0.4, -0.2) is 12.9 Å². The zero-order valence-electron chi connectivity index (χ0n) is 10.5. The van der Waals surface area contributed by atoms with E-state index in [2.05, 4.69) is 0 Å². The zero-order chi connectivity index (χ0) is 14.0. The molecule has 0 amide bonds. The number of ketones is 1. The number of aryl methyl sites for hydroxylation is 1. The van der Waals surface area contributed by atoms with Crippen molar-refractivity contribution in [1.29, 1.82) is 0 Å². The Kier molecular flexibility index (Phi) is 4.13. The molecule has 0 N–H and O–H groups in total. The monoisotopic (exact) mass is 294 g/mol. The minimum absolute atomic E-state index is 0.140. The Morgan fingerprint density at radius 1 is 1.05 bits per heavy atom. The summed E-state index contributed by atoms with van der Waals surface area (Å²) in [4.78, 5) is 12.5. The normalized spacial score (nSPS) is 10.3. The summed E-state index contributed by atoms with van der Waals surface area (Å²) in [5, 5.41) is 0.786. The van der Waals surface area contributed by atoms with Crippen molar-refractivity contribution in [2.75, 3.05) is 7.11 Å². The molecule has 0 radical (unpaired) electrons. The maximum atomic E-state index is 12.5. The Morgan fingerprint density at radius 3 is 2.42 bits per heavy atom. The van der Waals surface area contributed by atoms with E-state index < -0.39 is 0 Å².